The first-order chi connectivity index (χ1) is 26.7. The molecule has 0 saturated carbocycles. The predicted octanol–water partition coefficient (Wildman–Crippen LogP) is -6.91. The van der Waals surface area contributed by atoms with Gasteiger partial charge in [-0.15, -0.1) is 0 Å². The molecule has 4 aliphatic rings. The SMILES string of the molecule is O=C(O)CCCCCCCCOC1O[C@H](CO)[C@@H](O)[C@H](O)[C@@H]1O[C@@H]1O[C@H](CO)[C@@H](O)[C@H](O)[C@@H]1O[C@@H]1O[C@H](CO)[C@@H](O)[C@H](O)[C@@H]1O[C@@H]1O[C@H](CO)[C@@H](O)[C@H](O)[C@@H]1O. The minimum atomic E-state index is -2.02. The Hall–Kier alpha value is -1.37. The van der Waals surface area contributed by atoms with Crippen molar-refractivity contribution in [3.05, 3.63) is 0 Å². The van der Waals surface area contributed by atoms with E-state index in [0.29, 0.717) is 19.3 Å². The van der Waals surface area contributed by atoms with E-state index in [1.54, 1.807) is 0 Å². The number of hydrogen-bond donors (Lipinski definition) is 14. The Morgan fingerprint density at radius 3 is 1.18 bits per heavy atom. The van der Waals surface area contributed by atoms with Crippen LogP contribution in [0.1, 0.15) is 44.9 Å². The molecule has 14 N–H and O–H groups in total. The second kappa shape index (κ2) is 22.3. The van der Waals surface area contributed by atoms with E-state index < -0.39 is 155 Å². The van der Waals surface area contributed by atoms with E-state index in [-0.39, 0.29) is 13.0 Å². The molecule has 23 nitrogen and oxygen atoms in total. The van der Waals surface area contributed by atoms with Gasteiger partial charge < -0.3 is 109 Å². The van der Waals surface area contributed by atoms with Gasteiger partial charge in [-0.05, 0) is 12.8 Å². The maximum Gasteiger partial charge on any atom is 0.303 e. The number of carbonyl (C=O) groups is 1. The first kappa shape index (κ1) is 47.3. The summed E-state index contributed by atoms with van der Waals surface area (Å²) in [4.78, 5) is 10.7. The van der Waals surface area contributed by atoms with Crippen LogP contribution in [0.4, 0.5) is 0 Å². The number of aliphatic hydroxyl groups excluding tert-OH is 13. The quantitative estimate of drug-likeness (QED) is 0.0507. The van der Waals surface area contributed by atoms with Crippen LogP contribution in [0.5, 0.6) is 0 Å². The van der Waals surface area contributed by atoms with Crippen molar-refractivity contribution >= 4 is 5.97 Å². The molecule has 4 saturated heterocycles. The maximum atomic E-state index is 11.3. The van der Waals surface area contributed by atoms with Gasteiger partial charge in [-0.1, -0.05) is 25.7 Å². The van der Waals surface area contributed by atoms with Crippen LogP contribution < -0.4 is 0 Å². The molecule has 1 unspecified atom stereocenters. The molecule has 23 heteroatoms. The van der Waals surface area contributed by atoms with E-state index in [9.17, 15) is 71.2 Å². The maximum absolute atomic E-state index is 11.3. The van der Waals surface area contributed by atoms with Crippen molar-refractivity contribution < 1.29 is 114 Å². The van der Waals surface area contributed by atoms with E-state index >= 15 is 0 Å². The van der Waals surface area contributed by atoms with Crippen LogP contribution in [0, 0.1) is 0 Å². The van der Waals surface area contributed by atoms with Gasteiger partial charge in [-0.25, -0.2) is 0 Å². The van der Waals surface area contributed by atoms with Crippen molar-refractivity contribution in [2.45, 2.75) is 168 Å². The molecule has 328 valence electrons. The molecule has 0 aliphatic carbocycles. The lowest BCUT2D eigenvalue weighted by atomic mass is 9.96. The third kappa shape index (κ3) is 11.5. The summed E-state index contributed by atoms with van der Waals surface area (Å²) in [5.41, 5.74) is 0. The molecule has 56 heavy (non-hydrogen) atoms. The van der Waals surface area contributed by atoms with E-state index in [1.165, 1.54) is 0 Å². The lowest BCUT2D eigenvalue weighted by Gasteiger charge is -2.49. The van der Waals surface area contributed by atoms with Crippen molar-refractivity contribution in [2.75, 3.05) is 33.0 Å². The van der Waals surface area contributed by atoms with Crippen molar-refractivity contribution in [3.8, 4) is 0 Å². The second-order valence-electron chi connectivity index (χ2n) is 14.3. The van der Waals surface area contributed by atoms with Crippen LogP contribution in [0.3, 0.4) is 0 Å². The van der Waals surface area contributed by atoms with Crippen LogP contribution in [0.15, 0.2) is 0 Å². The number of ether oxygens (including phenoxy) is 8. The van der Waals surface area contributed by atoms with Gasteiger partial charge in [0.25, 0.3) is 0 Å². The summed E-state index contributed by atoms with van der Waals surface area (Å²) in [6.45, 7) is -3.32. The highest BCUT2D eigenvalue weighted by molar-refractivity contribution is 5.66. The third-order valence-electron chi connectivity index (χ3n) is 10.3. The van der Waals surface area contributed by atoms with Crippen molar-refractivity contribution in [2.24, 2.45) is 0 Å². The number of carboxylic acid groups (broad SMARTS) is 1. The van der Waals surface area contributed by atoms with Crippen molar-refractivity contribution in [1.29, 1.82) is 0 Å². The molecule has 0 radical (unpaired) electrons. The van der Waals surface area contributed by atoms with Crippen LogP contribution in [-0.4, -0.2) is 233 Å². The third-order valence-corrected chi connectivity index (χ3v) is 10.3. The summed E-state index contributed by atoms with van der Waals surface area (Å²) < 4.78 is 45.8. The Kier molecular flexibility index (Phi) is 18.8. The Morgan fingerprint density at radius 2 is 0.750 bits per heavy atom. The molecule has 4 rings (SSSR count). The molecule has 4 heterocycles. The summed E-state index contributed by atoms with van der Waals surface area (Å²) >= 11 is 0. The number of hydrogen-bond acceptors (Lipinski definition) is 22. The van der Waals surface area contributed by atoms with Crippen LogP contribution in [0.2, 0.25) is 0 Å². The second-order valence-corrected chi connectivity index (χ2v) is 14.3. The number of aliphatic hydroxyl groups is 13. The van der Waals surface area contributed by atoms with Gasteiger partial charge in [0.05, 0.1) is 26.4 Å². The Bertz CT molecular complexity index is 1150. The van der Waals surface area contributed by atoms with E-state index in [2.05, 4.69) is 0 Å². The van der Waals surface area contributed by atoms with Gasteiger partial charge in [0.2, 0.25) is 0 Å². The van der Waals surface area contributed by atoms with Gasteiger partial charge in [-0.3, -0.25) is 4.79 Å². The molecule has 4 aliphatic heterocycles. The first-order valence-electron chi connectivity index (χ1n) is 18.7. The van der Waals surface area contributed by atoms with Crippen LogP contribution >= 0.6 is 0 Å². The zero-order chi connectivity index (χ0) is 41.3. The normalized spacial score (nSPS) is 44.8. The minimum Gasteiger partial charge on any atom is -0.481 e. The van der Waals surface area contributed by atoms with E-state index in [1.807, 2.05) is 0 Å². The Morgan fingerprint density at radius 1 is 0.411 bits per heavy atom. The molecule has 0 aromatic carbocycles. The fraction of sp³-hybridized carbons (Fsp3) is 0.970. The summed E-state index contributed by atoms with van der Waals surface area (Å²) in [5, 5.41) is 145. The molecule has 0 spiro atoms. The highest BCUT2D eigenvalue weighted by Gasteiger charge is 2.56. The van der Waals surface area contributed by atoms with Crippen LogP contribution in [0.25, 0.3) is 0 Å². The zero-order valence-corrected chi connectivity index (χ0v) is 30.5. The lowest BCUT2D eigenvalue weighted by molar-refractivity contribution is -0.406. The highest BCUT2D eigenvalue weighted by atomic mass is 16.8. The molecule has 4 fully saturated rings. The molecule has 0 bridgehead atoms. The number of carboxylic acids is 1. The van der Waals surface area contributed by atoms with Gasteiger partial charge >= 0.3 is 5.97 Å². The van der Waals surface area contributed by atoms with Gasteiger partial charge in [0, 0.05) is 13.0 Å². The largest absolute Gasteiger partial charge is 0.481 e. The Balaban J connectivity index is 1.54. The molecule has 0 aromatic heterocycles. The Labute approximate surface area is 321 Å². The predicted molar refractivity (Wildman–Crippen MR) is 178 cm³/mol. The van der Waals surface area contributed by atoms with Gasteiger partial charge in [-0.2, -0.15) is 0 Å². The molecule has 20 atom stereocenters. The van der Waals surface area contributed by atoms with Crippen molar-refractivity contribution in [3.63, 3.8) is 0 Å². The summed E-state index contributed by atoms with van der Waals surface area (Å²) in [6.07, 6.45) is -31.7. The molecule has 0 aromatic rings. The first-order valence-corrected chi connectivity index (χ1v) is 18.7. The highest BCUT2D eigenvalue weighted by Crippen LogP contribution is 2.35. The van der Waals surface area contributed by atoms with E-state index in [4.69, 9.17) is 43.0 Å². The van der Waals surface area contributed by atoms with Gasteiger partial charge in [0.15, 0.2) is 25.2 Å². The average molecular weight is 823 g/mol. The van der Waals surface area contributed by atoms with Gasteiger partial charge in [0.1, 0.15) is 97.7 Å². The standard InChI is InChI=1S/C33H58O23/c34-9-13-18(40)22(44)26(48)30(50-13)54-28-24(46)20(42)15(11-36)52-32(28)56-29-25(47)21(43)16(12-37)53-33(29)55-27-23(45)19(41)14(10-35)51-31(27)49-8-6-4-2-1-3-5-7-17(38)39/h13-16,18-37,40-48H,1-12H2,(H,38,39)/t13-,14-,15-,16-,18-,19-,20-,21-,22+,23+,24+,25+,26+,27+,28+,29+,30+,31?,32+,33+/m1/s1. The summed E-state index contributed by atoms with van der Waals surface area (Å²) in [5.74, 6) is -0.869. The summed E-state index contributed by atoms with van der Waals surface area (Å²) in [7, 11) is 0. The number of aliphatic carboxylic acids is 1. The molecular formula is C33H58O23. The fourth-order valence-corrected chi connectivity index (χ4v) is 6.89. The topological polar surface area (TPSA) is 374 Å². The molecular weight excluding hydrogens is 764 g/mol. The minimum absolute atomic E-state index is 0.0301. The van der Waals surface area contributed by atoms with Crippen molar-refractivity contribution in [1.82, 2.24) is 0 Å². The lowest BCUT2D eigenvalue weighted by Crippen LogP contribution is -2.68. The zero-order valence-electron chi connectivity index (χ0n) is 30.5. The fourth-order valence-electron chi connectivity index (χ4n) is 6.89. The number of unbranched alkanes of at least 4 members (excludes halogenated alkanes) is 5. The average Bonchev–Trinajstić information content (AvgIpc) is 3.18. The monoisotopic (exact) mass is 822 g/mol. The van der Waals surface area contributed by atoms with Crippen LogP contribution in [-0.2, 0) is 42.7 Å². The van der Waals surface area contributed by atoms with E-state index in [0.717, 1.165) is 19.3 Å². The smallest absolute Gasteiger partial charge is 0.303 e. The number of rotatable bonds is 20. The molecule has 0 amide bonds. The summed E-state index contributed by atoms with van der Waals surface area (Å²) in [6, 6.07) is 0.